The van der Waals surface area contributed by atoms with Crippen LogP contribution in [-0.2, 0) is 51.0 Å². The predicted octanol–water partition coefficient (Wildman–Crippen LogP) is -0.944. The summed E-state index contributed by atoms with van der Waals surface area (Å²) in [6.45, 7) is 0.173. The van der Waals surface area contributed by atoms with Gasteiger partial charge in [-0.15, -0.1) is 0 Å². The van der Waals surface area contributed by atoms with E-state index in [0.717, 1.165) is 0 Å². The third-order valence-corrected chi connectivity index (χ3v) is 9.98. The SMILES string of the molecule is CSCC[C@H](NC(=O)[C@H](Cc1ccccc1)NC(=O)CNC(=O)[C@@H](C)NC(=O)[C@@H](N)Cc1ccc(O)cc1)C(=O)OC[C@H]1O[C@@H](OC(=O)c2ccccc2)[C@H](O)[C@@H](O)[C@@H]1O. The van der Waals surface area contributed by atoms with Crippen molar-refractivity contribution in [3.05, 3.63) is 102 Å². The van der Waals surface area contributed by atoms with Crippen LogP contribution in [0, 0.1) is 0 Å². The number of aromatic hydroxyl groups is 1. The smallest absolute Gasteiger partial charge is 0.340 e. The fourth-order valence-electron chi connectivity index (χ4n) is 5.91. The van der Waals surface area contributed by atoms with E-state index in [1.165, 1.54) is 43.0 Å². The van der Waals surface area contributed by atoms with E-state index in [9.17, 15) is 49.2 Å². The third-order valence-electron chi connectivity index (χ3n) is 9.34. The van der Waals surface area contributed by atoms with Gasteiger partial charge in [0.25, 0.3) is 0 Å². The normalized spacial score (nSPS) is 20.6. The molecule has 0 aromatic heterocycles. The number of amides is 4. The zero-order chi connectivity index (χ0) is 43.8. The van der Waals surface area contributed by atoms with Gasteiger partial charge in [0.2, 0.25) is 29.9 Å². The number of aliphatic hydroxyl groups excluding tert-OH is 3. The highest BCUT2D eigenvalue weighted by molar-refractivity contribution is 7.98. The number of hydrogen-bond donors (Lipinski definition) is 9. The van der Waals surface area contributed by atoms with Gasteiger partial charge in [0.15, 0.2) is 0 Å². The Bertz CT molecular complexity index is 1890. The summed E-state index contributed by atoms with van der Waals surface area (Å²) < 4.78 is 16.2. The van der Waals surface area contributed by atoms with Gasteiger partial charge >= 0.3 is 11.9 Å². The lowest BCUT2D eigenvalue weighted by atomic mass is 9.99. The first kappa shape index (κ1) is 47.1. The number of nitrogens with one attached hydrogen (secondary N) is 4. The number of ether oxygens (including phenoxy) is 3. The van der Waals surface area contributed by atoms with Crippen molar-refractivity contribution >= 4 is 47.3 Å². The summed E-state index contributed by atoms with van der Waals surface area (Å²) in [7, 11) is 0. The second kappa shape index (κ2) is 23.3. The Kier molecular flexibility index (Phi) is 18.3. The molecule has 1 aliphatic rings. The Hall–Kier alpha value is -5.57. The molecule has 0 saturated carbocycles. The van der Waals surface area contributed by atoms with Crippen molar-refractivity contribution in [3.8, 4) is 5.75 Å². The van der Waals surface area contributed by atoms with Gasteiger partial charge in [0.05, 0.1) is 18.2 Å². The van der Waals surface area contributed by atoms with Crippen molar-refractivity contribution < 1.29 is 63.4 Å². The van der Waals surface area contributed by atoms with Gasteiger partial charge in [-0.3, -0.25) is 19.2 Å². The highest BCUT2D eigenvalue weighted by Gasteiger charge is 2.46. The third kappa shape index (κ3) is 14.3. The molecule has 0 unspecified atom stereocenters. The maximum Gasteiger partial charge on any atom is 0.340 e. The predicted molar refractivity (Wildman–Crippen MR) is 217 cm³/mol. The first-order chi connectivity index (χ1) is 28.7. The molecule has 10 N–H and O–H groups in total. The minimum atomic E-state index is -1.84. The van der Waals surface area contributed by atoms with Crippen LogP contribution in [-0.4, -0.2) is 136 Å². The van der Waals surface area contributed by atoms with Crippen LogP contribution >= 0.6 is 11.8 Å². The number of phenols is 1. The van der Waals surface area contributed by atoms with Crippen LogP contribution in [0.25, 0.3) is 0 Å². The summed E-state index contributed by atoms with van der Waals surface area (Å²) in [6, 6.07) is 18.1. The lowest BCUT2D eigenvalue weighted by molar-refractivity contribution is -0.286. The van der Waals surface area contributed by atoms with Crippen molar-refractivity contribution in [2.45, 2.75) is 81.1 Å². The monoisotopic (exact) mass is 853 g/mol. The molecule has 60 heavy (non-hydrogen) atoms. The van der Waals surface area contributed by atoms with Gasteiger partial charge in [-0.2, -0.15) is 11.8 Å². The zero-order valence-corrected chi connectivity index (χ0v) is 33.8. The second-order valence-electron chi connectivity index (χ2n) is 14.0. The number of esters is 2. The molecule has 3 aromatic rings. The Balaban J connectivity index is 1.35. The summed E-state index contributed by atoms with van der Waals surface area (Å²) in [6.07, 6.45) is -6.57. The standard InChI is InChI=1S/C41H51N5O13S/c1-23(44-37(53)28(42)19-25-13-15-27(47)16-14-25)36(52)43-21-32(48)45-30(20-24-9-5-3-6-10-24)38(54)46-29(17-18-60-2)40(56)57-22-31-33(49)34(50)35(51)41(58-31)59-39(55)26-11-7-4-8-12-26/h3-16,23,28-31,33-35,41,47,49-51H,17-22,42H2,1-2H3,(H,43,52)(H,44,53)(H,45,48)(H,46,54)/t23-,28+,29+,30+,31-,33-,34+,35-,41+/m1/s1. The molecule has 19 heteroatoms. The fraction of sp³-hybridized carbons (Fsp3) is 0.415. The molecule has 0 spiro atoms. The highest BCUT2D eigenvalue weighted by Crippen LogP contribution is 2.24. The minimum absolute atomic E-state index is 0.00650. The topological polar surface area (TPSA) is 285 Å². The molecule has 3 aromatic carbocycles. The Morgan fingerprint density at radius 2 is 1.40 bits per heavy atom. The molecule has 0 bridgehead atoms. The molecular formula is C41H51N5O13S. The maximum absolute atomic E-state index is 13.8. The lowest BCUT2D eigenvalue weighted by Gasteiger charge is -2.39. The average molecular weight is 854 g/mol. The number of rotatable bonds is 20. The molecule has 1 fully saturated rings. The molecule has 0 aliphatic carbocycles. The van der Waals surface area contributed by atoms with E-state index in [-0.39, 0.29) is 30.6 Å². The van der Waals surface area contributed by atoms with E-state index in [2.05, 4.69) is 21.3 Å². The lowest BCUT2D eigenvalue weighted by Crippen LogP contribution is -2.60. The Morgan fingerprint density at radius 3 is 2.05 bits per heavy atom. The minimum Gasteiger partial charge on any atom is -0.508 e. The number of carbonyl (C=O) groups is 6. The second-order valence-corrected chi connectivity index (χ2v) is 15.0. The van der Waals surface area contributed by atoms with Crippen molar-refractivity contribution in [3.63, 3.8) is 0 Å². The number of phenolic OH excluding ortho intramolecular Hbond substituents is 1. The van der Waals surface area contributed by atoms with Gasteiger partial charge in [-0.05, 0) is 67.2 Å². The molecule has 9 atom stereocenters. The number of benzene rings is 3. The Morgan fingerprint density at radius 1 is 0.767 bits per heavy atom. The van der Waals surface area contributed by atoms with E-state index in [1.54, 1.807) is 66.9 Å². The van der Waals surface area contributed by atoms with Crippen LogP contribution in [0.1, 0.15) is 34.8 Å². The fourth-order valence-corrected chi connectivity index (χ4v) is 6.38. The summed E-state index contributed by atoms with van der Waals surface area (Å²) in [5, 5.41) is 51.1. The van der Waals surface area contributed by atoms with Gasteiger partial charge in [-0.1, -0.05) is 60.7 Å². The van der Waals surface area contributed by atoms with Gasteiger partial charge in [0, 0.05) is 6.42 Å². The molecule has 1 aliphatic heterocycles. The van der Waals surface area contributed by atoms with Crippen molar-refractivity contribution in [2.24, 2.45) is 5.73 Å². The molecule has 0 radical (unpaired) electrons. The molecule has 324 valence electrons. The zero-order valence-electron chi connectivity index (χ0n) is 33.0. The summed E-state index contributed by atoms with van der Waals surface area (Å²) in [5.74, 6) is -4.19. The van der Waals surface area contributed by atoms with Crippen molar-refractivity contribution in [1.29, 1.82) is 0 Å². The van der Waals surface area contributed by atoms with E-state index < -0.39 is 104 Å². The summed E-state index contributed by atoms with van der Waals surface area (Å²) in [4.78, 5) is 78.4. The summed E-state index contributed by atoms with van der Waals surface area (Å²) in [5.41, 5.74) is 7.49. The van der Waals surface area contributed by atoms with Crippen LogP contribution in [0.4, 0.5) is 0 Å². The number of carbonyl (C=O) groups excluding carboxylic acids is 6. The van der Waals surface area contributed by atoms with E-state index in [4.69, 9.17) is 19.9 Å². The molecule has 1 saturated heterocycles. The molecule has 1 heterocycles. The first-order valence-electron chi connectivity index (χ1n) is 19.0. The Labute approximate surface area is 350 Å². The largest absolute Gasteiger partial charge is 0.508 e. The van der Waals surface area contributed by atoms with Crippen molar-refractivity contribution in [1.82, 2.24) is 21.3 Å². The molecule has 18 nitrogen and oxygen atoms in total. The number of aliphatic hydroxyl groups is 3. The number of hydrogen-bond acceptors (Lipinski definition) is 15. The summed E-state index contributed by atoms with van der Waals surface area (Å²) >= 11 is 1.38. The van der Waals surface area contributed by atoms with Gasteiger partial charge < -0.3 is 61.6 Å². The quantitative estimate of drug-likeness (QED) is 0.0620. The van der Waals surface area contributed by atoms with E-state index >= 15 is 0 Å². The van der Waals surface area contributed by atoms with E-state index in [1.807, 2.05) is 0 Å². The molecular weight excluding hydrogens is 803 g/mol. The molecule has 4 amide bonds. The highest BCUT2D eigenvalue weighted by atomic mass is 32.2. The first-order valence-corrected chi connectivity index (χ1v) is 20.4. The number of thioether (sulfide) groups is 1. The number of nitrogens with two attached hydrogens (primary N) is 1. The van der Waals surface area contributed by atoms with Gasteiger partial charge in [0.1, 0.15) is 54.9 Å². The van der Waals surface area contributed by atoms with Crippen LogP contribution in [0.3, 0.4) is 0 Å². The van der Waals surface area contributed by atoms with E-state index in [0.29, 0.717) is 16.9 Å². The van der Waals surface area contributed by atoms with Crippen LogP contribution in [0.5, 0.6) is 5.75 Å². The van der Waals surface area contributed by atoms with Crippen LogP contribution in [0.15, 0.2) is 84.9 Å². The van der Waals surface area contributed by atoms with Crippen molar-refractivity contribution in [2.75, 3.05) is 25.2 Å². The molecule has 4 rings (SSSR count). The maximum atomic E-state index is 13.8. The average Bonchev–Trinajstić information content (AvgIpc) is 3.24. The van der Waals surface area contributed by atoms with Crippen LogP contribution in [0.2, 0.25) is 0 Å². The van der Waals surface area contributed by atoms with Crippen LogP contribution < -0.4 is 27.0 Å². The van der Waals surface area contributed by atoms with Gasteiger partial charge in [-0.25, -0.2) is 9.59 Å².